The van der Waals surface area contributed by atoms with Crippen LogP contribution in [0.25, 0.3) is 0 Å². The molecule has 0 radical (unpaired) electrons. The van der Waals surface area contributed by atoms with Gasteiger partial charge in [-0.1, -0.05) is 50.6 Å². The van der Waals surface area contributed by atoms with Gasteiger partial charge >= 0.3 is 0 Å². The van der Waals surface area contributed by atoms with Crippen molar-refractivity contribution in [2.75, 3.05) is 6.54 Å². The molecule has 0 saturated heterocycles. The molecule has 0 saturated carbocycles. The zero-order valence-corrected chi connectivity index (χ0v) is 15.0. The molecule has 5 heteroatoms. The van der Waals surface area contributed by atoms with E-state index >= 15 is 0 Å². The summed E-state index contributed by atoms with van der Waals surface area (Å²) in [7, 11) is 0. The van der Waals surface area contributed by atoms with E-state index in [1.165, 1.54) is 5.56 Å². The minimum absolute atomic E-state index is 0.110. The zero-order valence-electron chi connectivity index (χ0n) is 15.0. The summed E-state index contributed by atoms with van der Waals surface area (Å²) in [5, 5.41) is 7.64. The van der Waals surface area contributed by atoms with Crippen molar-refractivity contribution < 1.29 is 4.79 Å². The second kappa shape index (κ2) is 5.89. The Kier molecular flexibility index (Phi) is 4.03. The highest BCUT2D eigenvalue weighted by atomic mass is 16.2. The number of carbonyl (C=O) groups excluding carboxylic acids is 1. The number of aryl methyl sites for hydroxylation is 2. The van der Waals surface area contributed by atoms with Crippen LogP contribution in [0.2, 0.25) is 0 Å². The third-order valence-electron chi connectivity index (χ3n) is 4.20. The molecular weight excluding hydrogens is 300 g/mol. The third kappa shape index (κ3) is 2.86. The first-order valence-corrected chi connectivity index (χ1v) is 8.35. The summed E-state index contributed by atoms with van der Waals surface area (Å²) in [4.78, 5) is 17.5. The van der Waals surface area contributed by atoms with Gasteiger partial charge in [0.15, 0.2) is 5.69 Å². The maximum absolute atomic E-state index is 12.6. The Morgan fingerprint density at radius 3 is 2.46 bits per heavy atom. The van der Waals surface area contributed by atoms with Crippen molar-refractivity contribution in [3.63, 3.8) is 0 Å². The normalized spacial score (nSPS) is 14.7. The maximum Gasteiger partial charge on any atom is 0.272 e. The van der Waals surface area contributed by atoms with E-state index in [2.05, 4.69) is 50.2 Å². The molecule has 24 heavy (non-hydrogen) atoms. The summed E-state index contributed by atoms with van der Waals surface area (Å²) >= 11 is 0. The average molecular weight is 324 g/mol. The number of nitrogens with zero attached hydrogens (tertiary/aromatic N) is 3. The van der Waals surface area contributed by atoms with Crippen LogP contribution in [0.15, 0.2) is 29.3 Å². The smallest absolute Gasteiger partial charge is 0.272 e. The first-order valence-electron chi connectivity index (χ1n) is 8.35. The van der Waals surface area contributed by atoms with Gasteiger partial charge in [0.2, 0.25) is 0 Å². The van der Waals surface area contributed by atoms with Gasteiger partial charge in [-0.3, -0.25) is 9.48 Å². The van der Waals surface area contributed by atoms with E-state index in [-0.39, 0.29) is 11.3 Å². The second-order valence-electron chi connectivity index (χ2n) is 7.22. The molecule has 126 valence electrons. The van der Waals surface area contributed by atoms with Crippen LogP contribution in [0, 0.1) is 6.92 Å². The second-order valence-corrected chi connectivity index (χ2v) is 7.22. The molecule has 0 aliphatic carbocycles. The molecule has 1 amide bonds. The molecule has 2 heterocycles. The summed E-state index contributed by atoms with van der Waals surface area (Å²) in [6, 6.07) is 8.22. The van der Waals surface area contributed by atoms with E-state index in [0.717, 1.165) is 17.0 Å². The van der Waals surface area contributed by atoms with Crippen LogP contribution >= 0.6 is 0 Å². The number of aliphatic imine (C=N–C) groups is 1. The molecule has 0 fully saturated rings. The van der Waals surface area contributed by atoms with Crippen LogP contribution in [-0.2, 0) is 12.0 Å². The van der Waals surface area contributed by atoms with Gasteiger partial charge in [0.05, 0.1) is 18.0 Å². The molecular formula is C19H24N4O. The molecule has 0 spiro atoms. The van der Waals surface area contributed by atoms with E-state index in [9.17, 15) is 4.79 Å². The number of carbonyl (C=O) groups is 1. The number of rotatable bonds is 2. The molecule has 1 N–H and O–H groups in total. The predicted octanol–water partition coefficient (Wildman–Crippen LogP) is 3.37. The Balaban J connectivity index is 2.21. The molecule has 3 rings (SSSR count). The third-order valence-corrected chi connectivity index (χ3v) is 4.20. The van der Waals surface area contributed by atoms with Crippen molar-refractivity contribution >= 4 is 17.3 Å². The quantitative estimate of drug-likeness (QED) is 0.920. The minimum atomic E-state index is -0.184. The van der Waals surface area contributed by atoms with Crippen LogP contribution in [0.1, 0.15) is 55.0 Å². The summed E-state index contributed by atoms with van der Waals surface area (Å²) in [6.45, 7) is 11.4. The summed E-state index contributed by atoms with van der Waals surface area (Å²) < 4.78 is 1.76. The van der Waals surface area contributed by atoms with Gasteiger partial charge in [0.25, 0.3) is 5.91 Å². The Morgan fingerprint density at radius 1 is 1.21 bits per heavy atom. The van der Waals surface area contributed by atoms with Crippen molar-refractivity contribution in [1.82, 2.24) is 15.1 Å². The fourth-order valence-corrected chi connectivity index (χ4v) is 2.85. The van der Waals surface area contributed by atoms with Gasteiger partial charge in [-0.2, -0.15) is 5.10 Å². The molecule has 1 aliphatic heterocycles. The highest BCUT2D eigenvalue weighted by molar-refractivity contribution is 6.10. The van der Waals surface area contributed by atoms with E-state index in [4.69, 9.17) is 4.99 Å². The molecule has 1 aliphatic rings. The van der Waals surface area contributed by atoms with Crippen molar-refractivity contribution in [2.24, 2.45) is 4.99 Å². The van der Waals surface area contributed by atoms with Gasteiger partial charge in [-0.25, -0.2) is 4.99 Å². The topological polar surface area (TPSA) is 59.3 Å². The van der Waals surface area contributed by atoms with Gasteiger partial charge in [-0.15, -0.1) is 0 Å². The fraction of sp³-hybridized carbons (Fsp3) is 0.421. The van der Waals surface area contributed by atoms with E-state index < -0.39 is 0 Å². The SMILES string of the molecule is CCn1nc(C(C)(C)C)c2c1C(=O)NCC(c1ccc(C)cc1)=N2. The van der Waals surface area contributed by atoms with Gasteiger partial charge in [-0.05, 0) is 19.4 Å². The van der Waals surface area contributed by atoms with Crippen molar-refractivity contribution in [1.29, 1.82) is 0 Å². The number of amides is 1. The lowest BCUT2D eigenvalue weighted by atomic mass is 9.91. The number of aromatic nitrogens is 2. The fourth-order valence-electron chi connectivity index (χ4n) is 2.85. The Labute approximate surface area is 142 Å². The highest BCUT2D eigenvalue weighted by Crippen LogP contribution is 2.35. The number of benzene rings is 1. The molecule has 0 atom stereocenters. The molecule has 0 bridgehead atoms. The molecule has 1 aromatic heterocycles. The number of hydrogen-bond donors (Lipinski definition) is 1. The Bertz CT molecular complexity index is 807. The monoisotopic (exact) mass is 324 g/mol. The van der Waals surface area contributed by atoms with E-state index in [1.807, 2.05) is 19.1 Å². The number of nitrogens with one attached hydrogen (secondary N) is 1. The lowest BCUT2D eigenvalue weighted by molar-refractivity contribution is 0.0950. The van der Waals surface area contributed by atoms with Gasteiger partial charge in [0.1, 0.15) is 5.69 Å². The van der Waals surface area contributed by atoms with Crippen LogP contribution in [-0.4, -0.2) is 27.9 Å². The minimum Gasteiger partial charge on any atom is -0.345 e. The Hall–Kier alpha value is -2.43. The molecule has 0 unspecified atom stereocenters. The van der Waals surface area contributed by atoms with E-state index in [1.54, 1.807) is 4.68 Å². The predicted molar refractivity (Wildman–Crippen MR) is 96.3 cm³/mol. The van der Waals surface area contributed by atoms with Crippen molar-refractivity contribution in [3.8, 4) is 0 Å². The van der Waals surface area contributed by atoms with Gasteiger partial charge < -0.3 is 5.32 Å². The highest BCUT2D eigenvalue weighted by Gasteiger charge is 2.31. The summed E-state index contributed by atoms with van der Waals surface area (Å²) in [6.07, 6.45) is 0. The standard InChI is InChI=1S/C19H24N4O/c1-6-23-16-15(17(22-23)19(3,4)5)21-14(11-20-18(16)24)13-9-7-12(2)8-10-13/h7-10H,6,11H2,1-5H3,(H,20,24). The van der Waals surface area contributed by atoms with Crippen LogP contribution < -0.4 is 5.32 Å². The first kappa shape index (κ1) is 16.4. The zero-order chi connectivity index (χ0) is 17.5. The van der Waals surface area contributed by atoms with Crippen LogP contribution in [0.5, 0.6) is 0 Å². The lowest BCUT2D eigenvalue weighted by Gasteiger charge is -2.16. The van der Waals surface area contributed by atoms with Crippen LogP contribution in [0.3, 0.4) is 0 Å². The Morgan fingerprint density at radius 2 is 1.88 bits per heavy atom. The number of hydrogen-bond acceptors (Lipinski definition) is 3. The molecule has 1 aromatic carbocycles. The molecule has 2 aromatic rings. The lowest BCUT2D eigenvalue weighted by Crippen LogP contribution is -2.29. The molecule has 5 nitrogen and oxygen atoms in total. The average Bonchev–Trinajstić information content (AvgIpc) is 2.82. The van der Waals surface area contributed by atoms with E-state index in [0.29, 0.717) is 24.5 Å². The van der Waals surface area contributed by atoms with Crippen LogP contribution in [0.4, 0.5) is 5.69 Å². The maximum atomic E-state index is 12.6. The van der Waals surface area contributed by atoms with Gasteiger partial charge in [0, 0.05) is 12.0 Å². The summed E-state index contributed by atoms with van der Waals surface area (Å²) in [5.74, 6) is -0.110. The summed E-state index contributed by atoms with van der Waals surface area (Å²) in [5.41, 5.74) is 5.03. The first-order chi connectivity index (χ1) is 11.3. The van der Waals surface area contributed by atoms with Crippen molar-refractivity contribution in [3.05, 3.63) is 46.8 Å². The number of fused-ring (bicyclic) bond motifs is 1. The van der Waals surface area contributed by atoms with Crippen molar-refractivity contribution in [2.45, 2.75) is 46.6 Å². The largest absolute Gasteiger partial charge is 0.345 e.